The van der Waals surface area contributed by atoms with Crippen molar-refractivity contribution in [1.82, 2.24) is 29.4 Å². The summed E-state index contributed by atoms with van der Waals surface area (Å²) in [5.41, 5.74) is -0.979. The standard InChI is InChI=1S/C23H27ClF2N8O3/c1-12-10-33(11-13(2)23(12,25)26)22-28-9-14(24)18(31-22)29-16-6-5-15-19(30-16)34(8-7-17(35)27-3)21(37)20(36)32(15)4/h5-6,9,12-13H,7-8,10-11H2,1-4H3,(H,27,35)(H,28,29,30,31)/t12-,13+. The number of hydrogen-bond donors (Lipinski definition) is 2. The maximum absolute atomic E-state index is 14.3. The fourth-order valence-electron chi connectivity index (χ4n) is 4.33. The summed E-state index contributed by atoms with van der Waals surface area (Å²) in [4.78, 5) is 51.7. The zero-order chi connectivity index (χ0) is 27.1. The van der Waals surface area contributed by atoms with Gasteiger partial charge in [0.15, 0.2) is 11.5 Å². The Balaban J connectivity index is 1.69. The molecule has 3 aromatic rings. The number of fused-ring (bicyclic) bond motifs is 1. The molecule has 0 bridgehead atoms. The van der Waals surface area contributed by atoms with Crippen LogP contribution in [-0.4, -0.2) is 56.1 Å². The minimum Gasteiger partial charge on any atom is -0.359 e. The van der Waals surface area contributed by atoms with E-state index < -0.39 is 28.9 Å². The number of piperidine rings is 1. The number of nitrogens with zero attached hydrogens (tertiary/aromatic N) is 6. The number of pyridine rings is 1. The molecular formula is C23H27ClF2N8O3. The van der Waals surface area contributed by atoms with Gasteiger partial charge >= 0.3 is 11.1 Å². The molecule has 0 spiro atoms. The highest BCUT2D eigenvalue weighted by molar-refractivity contribution is 6.32. The molecule has 1 fully saturated rings. The van der Waals surface area contributed by atoms with Gasteiger partial charge in [-0.2, -0.15) is 4.98 Å². The summed E-state index contributed by atoms with van der Waals surface area (Å²) in [5, 5.41) is 5.64. The monoisotopic (exact) mass is 536 g/mol. The lowest BCUT2D eigenvalue weighted by molar-refractivity contribution is -0.120. The number of amides is 1. The molecule has 0 unspecified atom stereocenters. The van der Waals surface area contributed by atoms with Crippen LogP contribution in [0.2, 0.25) is 5.02 Å². The third-order valence-electron chi connectivity index (χ3n) is 6.61. The molecule has 1 aliphatic heterocycles. The Kier molecular flexibility index (Phi) is 7.18. The van der Waals surface area contributed by atoms with Crippen LogP contribution in [0, 0.1) is 11.8 Å². The van der Waals surface area contributed by atoms with Gasteiger partial charge in [-0.25, -0.2) is 18.7 Å². The lowest BCUT2D eigenvalue weighted by Gasteiger charge is -2.41. The quantitative estimate of drug-likeness (QED) is 0.459. The number of halogens is 3. The van der Waals surface area contributed by atoms with E-state index in [9.17, 15) is 23.2 Å². The molecule has 0 saturated carbocycles. The molecule has 0 aliphatic carbocycles. The van der Waals surface area contributed by atoms with Gasteiger partial charge in [-0.1, -0.05) is 25.4 Å². The van der Waals surface area contributed by atoms with Gasteiger partial charge in [0.1, 0.15) is 10.8 Å². The Morgan fingerprint density at radius 1 is 1.16 bits per heavy atom. The molecule has 11 nitrogen and oxygen atoms in total. The average Bonchev–Trinajstić information content (AvgIpc) is 2.87. The van der Waals surface area contributed by atoms with Crippen LogP contribution in [0.4, 0.5) is 26.4 Å². The molecule has 4 rings (SSSR count). The number of aryl methyl sites for hydroxylation is 2. The first-order chi connectivity index (χ1) is 17.4. The Labute approximate surface area is 215 Å². The van der Waals surface area contributed by atoms with Gasteiger partial charge in [0.05, 0.1) is 11.7 Å². The maximum atomic E-state index is 14.3. The van der Waals surface area contributed by atoms with E-state index in [0.29, 0.717) is 5.52 Å². The van der Waals surface area contributed by atoms with Gasteiger partial charge in [-0.15, -0.1) is 0 Å². The summed E-state index contributed by atoms with van der Waals surface area (Å²) < 4.78 is 30.9. The summed E-state index contributed by atoms with van der Waals surface area (Å²) in [5.74, 6) is -4.15. The second kappa shape index (κ2) is 10.0. The van der Waals surface area contributed by atoms with E-state index >= 15 is 0 Å². The van der Waals surface area contributed by atoms with Crippen molar-refractivity contribution in [2.75, 3.05) is 30.4 Å². The van der Waals surface area contributed by atoms with Crippen molar-refractivity contribution in [3.63, 3.8) is 0 Å². The van der Waals surface area contributed by atoms with Gasteiger partial charge in [-0.05, 0) is 12.1 Å². The van der Waals surface area contributed by atoms with Crippen LogP contribution in [0.3, 0.4) is 0 Å². The molecule has 1 saturated heterocycles. The number of hydrogen-bond acceptors (Lipinski definition) is 8. The van der Waals surface area contributed by atoms with Crippen molar-refractivity contribution in [3.05, 3.63) is 44.1 Å². The second-order valence-corrected chi connectivity index (χ2v) is 9.56. The number of carbonyl (C=O) groups is 1. The predicted octanol–water partition coefficient (Wildman–Crippen LogP) is 2.15. The minimum atomic E-state index is -2.79. The molecule has 2 atom stereocenters. The van der Waals surface area contributed by atoms with Crippen molar-refractivity contribution >= 4 is 46.3 Å². The predicted molar refractivity (Wildman–Crippen MR) is 136 cm³/mol. The first-order valence-corrected chi connectivity index (χ1v) is 12.0. The Bertz CT molecular complexity index is 1460. The van der Waals surface area contributed by atoms with Gasteiger partial charge < -0.3 is 20.1 Å². The first-order valence-electron chi connectivity index (χ1n) is 11.7. The van der Waals surface area contributed by atoms with Gasteiger partial charge in [0, 0.05) is 52.0 Å². The van der Waals surface area contributed by atoms with E-state index in [4.69, 9.17) is 11.6 Å². The normalized spacial score (nSPS) is 19.2. The molecule has 1 aliphatic rings. The van der Waals surface area contributed by atoms with E-state index in [1.807, 2.05) is 0 Å². The highest BCUT2D eigenvalue weighted by atomic mass is 35.5. The van der Waals surface area contributed by atoms with E-state index in [1.54, 1.807) is 17.0 Å². The van der Waals surface area contributed by atoms with Crippen molar-refractivity contribution in [1.29, 1.82) is 0 Å². The smallest absolute Gasteiger partial charge is 0.318 e. The summed E-state index contributed by atoms with van der Waals surface area (Å²) in [6.07, 6.45) is 1.35. The van der Waals surface area contributed by atoms with Gasteiger partial charge in [-0.3, -0.25) is 19.0 Å². The van der Waals surface area contributed by atoms with E-state index in [2.05, 4.69) is 25.6 Å². The summed E-state index contributed by atoms with van der Waals surface area (Å²) in [7, 11) is 2.94. The summed E-state index contributed by atoms with van der Waals surface area (Å²) in [6, 6.07) is 3.19. The summed E-state index contributed by atoms with van der Waals surface area (Å²) >= 11 is 6.31. The number of nitrogens with one attached hydrogen (secondary N) is 2. The van der Waals surface area contributed by atoms with Crippen LogP contribution < -0.4 is 26.7 Å². The van der Waals surface area contributed by atoms with Crippen LogP contribution in [0.15, 0.2) is 27.9 Å². The van der Waals surface area contributed by atoms with Crippen LogP contribution in [0.1, 0.15) is 20.3 Å². The van der Waals surface area contributed by atoms with Crippen LogP contribution in [0.25, 0.3) is 11.2 Å². The molecule has 1 amide bonds. The fourth-order valence-corrected chi connectivity index (χ4v) is 4.47. The maximum Gasteiger partial charge on any atom is 0.318 e. The average molecular weight is 537 g/mol. The third-order valence-corrected chi connectivity index (χ3v) is 6.89. The molecule has 198 valence electrons. The second-order valence-electron chi connectivity index (χ2n) is 9.16. The SMILES string of the molecule is CNC(=O)CCn1c(=O)c(=O)n(C)c2ccc(Nc3nc(N4C[C@@H](C)C(F)(F)[C@@H](C)C4)ncc3Cl)nc21. The number of aromatic nitrogens is 5. The highest BCUT2D eigenvalue weighted by Gasteiger charge is 2.47. The molecule has 3 aromatic heterocycles. The van der Waals surface area contributed by atoms with E-state index in [0.717, 1.165) is 4.57 Å². The third kappa shape index (κ3) is 4.99. The summed E-state index contributed by atoms with van der Waals surface area (Å²) in [6.45, 7) is 3.11. The molecule has 37 heavy (non-hydrogen) atoms. The fraction of sp³-hybridized carbons (Fsp3) is 0.478. The lowest BCUT2D eigenvalue weighted by Crippen LogP contribution is -2.52. The number of anilines is 3. The van der Waals surface area contributed by atoms with Crippen molar-refractivity contribution < 1.29 is 13.6 Å². The topological polar surface area (TPSA) is 127 Å². The highest BCUT2D eigenvalue weighted by Crippen LogP contribution is 2.38. The number of rotatable bonds is 6. The number of carbonyl (C=O) groups excluding carboxylic acids is 1. The molecule has 0 aromatic carbocycles. The molecule has 14 heteroatoms. The van der Waals surface area contributed by atoms with Crippen molar-refractivity contribution in [3.8, 4) is 0 Å². The van der Waals surface area contributed by atoms with E-state index in [1.165, 1.54) is 38.7 Å². The Morgan fingerprint density at radius 2 is 1.84 bits per heavy atom. The first kappa shape index (κ1) is 26.5. The zero-order valence-corrected chi connectivity index (χ0v) is 21.5. The molecular weight excluding hydrogens is 510 g/mol. The molecule has 2 N–H and O–H groups in total. The molecule has 4 heterocycles. The van der Waals surface area contributed by atoms with Crippen LogP contribution >= 0.6 is 11.6 Å². The Hall–Kier alpha value is -3.61. The van der Waals surface area contributed by atoms with E-state index in [-0.39, 0.29) is 60.2 Å². The minimum absolute atomic E-state index is 0.0230. The van der Waals surface area contributed by atoms with Gasteiger partial charge in [0.2, 0.25) is 11.9 Å². The zero-order valence-electron chi connectivity index (χ0n) is 20.8. The van der Waals surface area contributed by atoms with Crippen molar-refractivity contribution in [2.45, 2.75) is 32.7 Å². The van der Waals surface area contributed by atoms with Crippen molar-refractivity contribution in [2.24, 2.45) is 18.9 Å². The lowest BCUT2D eigenvalue weighted by atomic mass is 9.87. The Morgan fingerprint density at radius 3 is 2.49 bits per heavy atom. The van der Waals surface area contributed by atoms with Crippen LogP contribution in [0.5, 0.6) is 0 Å². The molecule has 0 radical (unpaired) electrons. The van der Waals surface area contributed by atoms with Crippen LogP contribution in [-0.2, 0) is 18.4 Å². The largest absolute Gasteiger partial charge is 0.359 e. The van der Waals surface area contributed by atoms with Gasteiger partial charge in [0.25, 0.3) is 5.92 Å². The number of alkyl halides is 2.